The Labute approximate surface area is 115 Å². The molecule has 1 N–H and O–H groups in total. The smallest absolute Gasteiger partial charge is 0.0959 e. The summed E-state index contributed by atoms with van der Waals surface area (Å²) in [5.74, 6) is 1.96. The van der Waals surface area contributed by atoms with E-state index in [0.29, 0.717) is 11.8 Å². The zero-order valence-electron chi connectivity index (χ0n) is 11.9. The van der Waals surface area contributed by atoms with Crippen LogP contribution in [0.1, 0.15) is 68.5 Å². The fourth-order valence-corrected chi connectivity index (χ4v) is 3.97. The molecule has 3 heteroatoms. The molecule has 102 valence electrons. The summed E-state index contributed by atoms with van der Waals surface area (Å²) < 4.78 is 0. The molecule has 0 spiro atoms. The summed E-state index contributed by atoms with van der Waals surface area (Å²) in [6.45, 7) is 5.62. The molecule has 1 heterocycles. The van der Waals surface area contributed by atoms with Crippen LogP contribution in [-0.4, -0.2) is 18.6 Å². The second kappa shape index (κ2) is 6.67. The third kappa shape index (κ3) is 3.33. The summed E-state index contributed by atoms with van der Waals surface area (Å²) >= 11 is 1.89. The second-order valence-corrected chi connectivity index (χ2v) is 6.74. The Morgan fingerprint density at radius 3 is 2.67 bits per heavy atom. The molecule has 0 saturated heterocycles. The van der Waals surface area contributed by atoms with E-state index in [2.05, 4.69) is 24.5 Å². The van der Waals surface area contributed by atoms with E-state index in [9.17, 15) is 0 Å². The number of nitrogens with zero attached hydrogens (tertiary/aromatic N) is 1. The van der Waals surface area contributed by atoms with E-state index in [-0.39, 0.29) is 0 Å². The predicted octanol–water partition coefficient (Wildman–Crippen LogP) is 4.15. The van der Waals surface area contributed by atoms with Gasteiger partial charge in [0, 0.05) is 23.8 Å². The first kappa shape index (κ1) is 14.0. The molecule has 1 atom stereocenters. The van der Waals surface area contributed by atoms with Crippen molar-refractivity contribution in [3.8, 4) is 0 Å². The van der Waals surface area contributed by atoms with Crippen molar-refractivity contribution in [2.75, 3.05) is 13.6 Å². The summed E-state index contributed by atoms with van der Waals surface area (Å²) in [5.41, 5.74) is 1.31. The summed E-state index contributed by atoms with van der Waals surface area (Å²) in [6.07, 6.45) is 6.91. The standard InChI is InChI=1S/C15H26N2S/c1-11(2)13(9-16-3)14-10-18-15(17-14)12-7-5-4-6-8-12/h10-13,16H,4-9H2,1-3H3. The highest BCUT2D eigenvalue weighted by atomic mass is 32.1. The Balaban J connectivity index is 2.07. The average Bonchev–Trinajstić information content (AvgIpc) is 2.86. The highest BCUT2D eigenvalue weighted by molar-refractivity contribution is 7.09. The molecule has 1 saturated carbocycles. The zero-order chi connectivity index (χ0) is 13.0. The molecular weight excluding hydrogens is 240 g/mol. The minimum atomic E-state index is 0.559. The van der Waals surface area contributed by atoms with Crippen LogP contribution in [0.2, 0.25) is 0 Å². The highest BCUT2D eigenvalue weighted by Gasteiger charge is 2.22. The van der Waals surface area contributed by atoms with Crippen molar-refractivity contribution in [1.29, 1.82) is 0 Å². The van der Waals surface area contributed by atoms with Gasteiger partial charge in [-0.3, -0.25) is 0 Å². The van der Waals surface area contributed by atoms with Gasteiger partial charge >= 0.3 is 0 Å². The summed E-state index contributed by atoms with van der Waals surface area (Å²) in [4.78, 5) is 4.95. The van der Waals surface area contributed by atoms with Crippen LogP contribution < -0.4 is 5.32 Å². The van der Waals surface area contributed by atoms with Gasteiger partial charge in [0.2, 0.25) is 0 Å². The number of rotatable bonds is 5. The fraction of sp³-hybridized carbons (Fsp3) is 0.800. The van der Waals surface area contributed by atoms with Gasteiger partial charge in [-0.25, -0.2) is 4.98 Å². The number of likely N-dealkylation sites (N-methyl/N-ethyl adjacent to an activating group) is 1. The lowest BCUT2D eigenvalue weighted by molar-refractivity contribution is 0.437. The topological polar surface area (TPSA) is 24.9 Å². The monoisotopic (exact) mass is 266 g/mol. The quantitative estimate of drug-likeness (QED) is 0.866. The van der Waals surface area contributed by atoms with Crippen LogP contribution in [-0.2, 0) is 0 Å². The maximum Gasteiger partial charge on any atom is 0.0959 e. The van der Waals surface area contributed by atoms with E-state index in [1.54, 1.807) is 0 Å². The van der Waals surface area contributed by atoms with Gasteiger partial charge in [0.05, 0.1) is 10.7 Å². The van der Waals surface area contributed by atoms with E-state index >= 15 is 0 Å². The third-order valence-electron chi connectivity index (χ3n) is 4.10. The first-order valence-corrected chi connectivity index (χ1v) is 8.20. The Morgan fingerprint density at radius 2 is 2.06 bits per heavy atom. The molecule has 0 bridgehead atoms. The maximum absolute atomic E-state index is 4.95. The van der Waals surface area contributed by atoms with Gasteiger partial charge < -0.3 is 5.32 Å². The molecule has 1 unspecified atom stereocenters. The lowest BCUT2D eigenvalue weighted by Gasteiger charge is -2.20. The molecule has 18 heavy (non-hydrogen) atoms. The van der Waals surface area contributed by atoms with E-state index < -0.39 is 0 Å². The third-order valence-corrected chi connectivity index (χ3v) is 5.13. The Bertz CT molecular complexity index is 353. The molecule has 2 rings (SSSR count). The van der Waals surface area contributed by atoms with Crippen LogP contribution in [0, 0.1) is 5.92 Å². The summed E-state index contributed by atoms with van der Waals surface area (Å²) in [7, 11) is 2.03. The molecule has 1 fully saturated rings. The molecule has 1 aliphatic rings. The van der Waals surface area contributed by atoms with Crippen LogP contribution in [0.4, 0.5) is 0 Å². The van der Waals surface area contributed by atoms with Crippen molar-refractivity contribution in [1.82, 2.24) is 10.3 Å². The van der Waals surface area contributed by atoms with Crippen molar-refractivity contribution in [2.24, 2.45) is 5.92 Å². The first-order valence-electron chi connectivity index (χ1n) is 7.32. The fourth-order valence-electron chi connectivity index (χ4n) is 2.91. The number of nitrogens with one attached hydrogen (secondary N) is 1. The lowest BCUT2D eigenvalue weighted by Crippen LogP contribution is -2.21. The predicted molar refractivity (Wildman–Crippen MR) is 79.4 cm³/mol. The van der Waals surface area contributed by atoms with Crippen LogP contribution in [0.5, 0.6) is 0 Å². The molecule has 2 nitrogen and oxygen atoms in total. The summed E-state index contributed by atoms with van der Waals surface area (Å²) in [5, 5.41) is 6.99. The Morgan fingerprint density at radius 1 is 1.33 bits per heavy atom. The zero-order valence-corrected chi connectivity index (χ0v) is 12.7. The van der Waals surface area contributed by atoms with E-state index in [4.69, 9.17) is 4.98 Å². The van der Waals surface area contributed by atoms with Crippen molar-refractivity contribution >= 4 is 11.3 Å². The van der Waals surface area contributed by atoms with Crippen molar-refractivity contribution in [3.63, 3.8) is 0 Å². The lowest BCUT2D eigenvalue weighted by atomic mass is 9.89. The van der Waals surface area contributed by atoms with Gasteiger partial charge in [0.1, 0.15) is 0 Å². The second-order valence-electron chi connectivity index (χ2n) is 5.85. The number of thiazole rings is 1. The molecule has 0 aliphatic heterocycles. The summed E-state index contributed by atoms with van der Waals surface area (Å²) in [6, 6.07) is 0. The van der Waals surface area contributed by atoms with Gasteiger partial charge in [-0.05, 0) is 25.8 Å². The Kier molecular flexibility index (Phi) is 5.19. The maximum atomic E-state index is 4.95. The minimum Gasteiger partial charge on any atom is -0.319 e. The molecule has 0 radical (unpaired) electrons. The molecule has 0 aromatic carbocycles. The van der Waals surface area contributed by atoms with E-state index in [1.807, 2.05) is 18.4 Å². The normalized spacial score (nSPS) is 19.3. The molecule has 0 amide bonds. The van der Waals surface area contributed by atoms with Crippen LogP contribution in [0.3, 0.4) is 0 Å². The van der Waals surface area contributed by atoms with Crippen molar-refractivity contribution < 1.29 is 0 Å². The van der Waals surface area contributed by atoms with Gasteiger partial charge in [0.15, 0.2) is 0 Å². The average molecular weight is 266 g/mol. The van der Waals surface area contributed by atoms with Crippen molar-refractivity contribution in [2.45, 2.75) is 57.8 Å². The number of aromatic nitrogens is 1. The van der Waals surface area contributed by atoms with Crippen molar-refractivity contribution in [3.05, 3.63) is 16.1 Å². The van der Waals surface area contributed by atoms with Gasteiger partial charge in [-0.15, -0.1) is 11.3 Å². The number of hydrogen-bond acceptors (Lipinski definition) is 3. The highest BCUT2D eigenvalue weighted by Crippen LogP contribution is 2.36. The molecular formula is C15H26N2S. The number of hydrogen-bond donors (Lipinski definition) is 1. The molecule has 1 aliphatic carbocycles. The van der Waals surface area contributed by atoms with E-state index in [1.165, 1.54) is 42.8 Å². The largest absolute Gasteiger partial charge is 0.319 e. The van der Waals surface area contributed by atoms with Crippen LogP contribution in [0.15, 0.2) is 5.38 Å². The minimum absolute atomic E-state index is 0.559. The molecule has 1 aromatic rings. The van der Waals surface area contributed by atoms with Gasteiger partial charge in [-0.2, -0.15) is 0 Å². The van der Waals surface area contributed by atoms with E-state index in [0.717, 1.165) is 12.5 Å². The van der Waals surface area contributed by atoms with Crippen LogP contribution in [0.25, 0.3) is 0 Å². The van der Waals surface area contributed by atoms with Gasteiger partial charge in [-0.1, -0.05) is 33.1 Å². The van der Waals surface area contributed by atoms with Gasteiger partial charge in [0.25, 0.3) is 0 Å². The Hall–Kier alpha value is -0.410. The molecule has 1 aromatic heterocycles. The SMILES string of the molecule is CNCC(c1csc(C2CCCCC2)n1)C(C)C. The first-order chi connectivity index (χ1) is 8.72. The van der Waals surface area contributed by atoms with Crippen LogP contribution >= 0.6 is 11.3 Å².